The van der Waals surface area contributed by atoms with Crippen LogP contribution >= 0.6 is 11.8 Å². The van der Waals surface area contributed by atoms with Crippen molar-refractivity contribution in [1.29, 1.82) is 0 Å². The van der Waals surface area contributed by atoms with E-state index in [1.54, 1.807) is 6.92 Å². The zero-order valence-corrected chi connectivity index (χ0v) is 13.2. The Balaban J connectivity index is 1.86. The Morgan fingerprint density at radius 2 is 1.70 bits per heavy atom. The minimum atomic E-state index is -4.34. The zero-order valence-electron chi connectivity index (χ0n) is 12.4. The Hall–Kier alpha value is -1.95. The highest BCUT2D eigenvalue weighted by Crippen LogP contribution is 2.29. The molecule has 2 nitrogen and oxygen atoms in total. The average Bonchev–Trinajstić information content (AvgIpc) is 2.53. The minimum Gasteiger partial charge on any atom is -0.351 e. The first-order chi connectivity index (χ1) is 10.9. The maximum absolute atomic E-state index is 12.5. The van der Waals surface area contributed by atoms with Gasteiger partial charge in [-0.15, -0.1) is 11.8 Å². The van der Waals surface area contributed by atoms with Gasteiger partial charge in [-0.1, -0.05) is 30.3 Å². The van der Waals surface area contributed by atoms with E-state index >= 15 is 0 Å². The molecule has 0 radical (unpaired) electrons. The van der Waals surface area contributed by atoms with Crippen LogP contribution in [0, 0.1) is 0 Å². The van der Waals surface area contributed by atoms with E-state index in [2.05, 4.69) is 5.32 Å². The third-order valence-electron chi connectivity index (χ3n) is 3.17. The first-order valence-electron chi connectivity index (χ1n) is 7.02. The number of nitrogens with one attached hydrogen (secondary N) is 1. The molecular formula is C17H16F3NOS. The van der Waals surface area contributed by atoms with Gasteiger partial charge in [0.05, 0.1) is 10.8 Å². The van der Waals surface area contributed by atoms with E-state index in [1.807, 2.05) is 30.3 Å². The van der Waals surface area contributed by atoms with E-state index in [0.717, 1.165) is 17.0 Å². The highest BCUT2D eigenvalue weighted by molar-refractivity contribution is 8.00. The maximum Gasteiger partial charge on any atom is 0.416 e. The van der Waals surface area contributed by atoms with Gasteiger partial charge in [0.25, 0.3) is 0 Å². The number of halogens is 3. The molecule has 0 heterocycles. The van der Waals surface area contributed by atoms with Gasteiger partial charge in [0, 0.05) is 11.4 Å². The number of carbonyl (C=O) groups excluding carboxylic acids is 1. The van der Waals surface area contributed by atoms with Crippen molar-refractivity contribution in [3.05, 3.63) is 65.7 Å². The lowest BCUT2D eigenvalue weighted by Gasteiger charge is -2.12. The van der Waals surface area contributed by atoms with Crippen molar-refractivity contribution in [1.82, 2.24) is 5.32 Å². The van der Waals surface area contributed by atoms with Crippen molar-refractivity contribution < 1.29 is 18.0 Å². The molecule has 0 spiro atoms. The predicted molar refractivity (Wildman–Crippen MR) is 85.1 cm³/mol. The number of thioether (sulfide) groups is 1. The third kappa shape index (κ3) is 5.32. The number of benzene rings is 2. The Labute approximate surface area is 137 Å². The largest absolute Gasteiger partial charge is 0.416 e. The standard InChI is InChI=1S/C17H16F3NOS/c1-12(23-15-5-3-2-4-6-15)16(22)21-11-13-7-9-14(10-8-13)17(18,19)20/h2-10,12H,11H2,1H3,(H,21,22). The summed E-state index contributed by atoms with van der Waals surface area (Å²) < 4.78 is 37.4. The molecule has 1 unspecified atom stereocenters. The molecule has 1 atom stereocenters. The SMILES string of the molecule is CC(Sc1ccccc1)C(=O)NCc1ccc(C(F)(F)F)cc1. The van der Waals surface area contributed by atoms with E-state index in [1.165, 1.54) is 23.9 Å². The molecule has 0 aliphatic rings. The lowest BCUT2D eigenvalue weighted by molar-refractivity contribution is -0.137. The fourth-order valence-electron chi connectivity index (χ4n) is 1.90. The molecule has 0 aliphatic heterocycles. The van der Waals surface area contributed by atoms with Gasteiger partial charge in [0.2, 0.25) is 5.91 Å². The summed E-state index contributed by atoms with van der Waals surface area (Å²) in [7, 11) is 0. The highest BCUT2D eigenvalue weighted by Gasteiger charge is 2.29. The van der Waals surface area contributed by atoms with E-state index < -0.39 is 11.7 Å². The smallest absolute Gasteiger partial charge is 0.351 e. The number of amides is 1. The second-order valence-electron chi connectivity index (χ2n) is 4.99. The van der Waals surface area contributed by atoms with E-state index in [-0.39, 0.29) is 17.7 Å². The van der Waals surface area contributed by atoms with Crippen molar-refractivity contribution in [3.8, 4) is 0 Å². The van der Waals surface area contributed by atoms with Crippen LogP contribution in [0.3, 0.4) is 0 Å². The van der Waals surface area contributed by atoms with Crippen LogP contribution in [0.2, 0.25) is 0 Å². The van der Waals surface area contributed by atoms with Gasteiger partial charge >= 0.3 is 6.18 Å². The average molecular weight is 339 g/mol. The predicted octanol–water partition coefficient (Wildman–Crippen LogP) is 4.50. The molecule has 1 amide bonds. The summed E-state index contributed by atoms with van der Waals surface area (Å²) in [6, 6.07) is 14.3. The molecule has 2 aromatic carbocycles. The molecule has 0 aromatic heterocycles. The molecule has 0 fully saturated rings. The molecule has 122 valence electrons. The van der Waals surface area contributed by atoms with E-state index in [9.17, 15) is 18.0 Å². The van der Waals surface area contributed by atoms with Crippen LogP contribution in [-0.2, 0) is 17.5 Å². The van der Waals surface area contributed by atoms with Gasteiger partial charge in [0.15, 0.2) is 0 Å². The van der Waals surface area contributed by atoms with Gasteiger partial charge in [-0.05, 0) is 36.8 Å². The van der Waals surface area contributed by atoms with Crippen molar-refractivity contribution in [2.75, 3.05) is 0 Å². The Kier molecular flexibility index (Phi) is 5.71. The maximum atomic E-state index is 12.5. The molecule has 0 aliphatic carbocycles. The number of hydrogen-bond acceptors (Lipinski definition) is 2. The van der Waals surface area contributed by atoms with Crippen LogP contribution in [-0.4, -0.2) is 11.2 Å². The fraction of sp³-hybridized carbons (Fsp3) is 0.235. The highest BCUT2D eigenvalue weighted by atomic mass is 32.2. The van der Waals surface area contributed by atoms with Crippen LogP contribution in [0.4, 0.5) is 13.2 Å². The van der Waals surface area contributed by atoms with Crippen molar-refractivity contribution >= 4 is 17.7 Å². The number of rotatable bonds is 5. The van der Waals surface area contributed by atoms with Gasteiger partial charge in [-0.2, -0.15) is 13.2 Å². The lowest BCUT2D eigenvalue weighted by Crippen LogP contribution is -2.30. The third-order valence-corrected chi connectivity index (χ3v) is 4.29. The first kappa shape index (κ1) is 17.4. The monoisotopic (exact) mass is 339 g/mol. The molecule has 1 N–H and O–H groups in total. The van der Waals surface area contributed by atoms with Crippen LogP contribution in [0.25, 0.3) is 0 Å². The number of carbonyl (C=O) groups is 1. The molecular weight excluding hydrogens is 323 g/mol. The molecule has 0 saturated heterocycles. The Morgan fingerprint density at radius 3 is 2.26 bits per heavy atom. The van der Waals surface area contributed by atoms with Crippen LogP contribution in [0.5, 0.6) is 0 Å². The summed E-state index contributed by atoms with van der Waals surface area (Å²) in [6.07, 6.45) is -4.34. The summed E-state index contributed by atoms with van der Waals surface area (Å²) in [5.74, 6) is -0.154. The molecule has 0 bridgehead atoms. The van der Waals surface area contributed by atoms with Crippen LogP contribution < -0.4 is 5.32 Å². The first-order valence-corrected chi connectivity index (χ1v) is 7.90. The van der Waals surface area contributed by atoms with E-state index in [0.29, 0.717) is 5.56 Å². The Morgan fingerprint density at radius 1 is 1.09 bits per heavy atom. The molecule has 2 aromatic rings. The van der Waals surface area contributed by atoms with Crippen molar-refractivity contribution in [3.63, 3.8) is 0 Å². The molecule has 2 rings (SSSR count). The summed E-state index contributed by atoms with van der Waals surface area (Å²) in [6.45, 7) is 2.00. The Bertz CT molecular complexity index is 641. The van der Waals surface area contributed by atoms with Gasteiger partial charge in [-0.3, -0.25) is 4.79 Å². The minimum absolute atomic E-state index is 0.154. The molecule has 0 saturated carbocycles. The fourth-order valence-corrected chi connectivity index (χ4v) is 2.81. The lowest BCUT2D eigenvalue weighted by atomic mass is 10.1. The quantitative estimate of drug-likeness (QED) is 0.813. The van der Waals surface area contributed by atoms with Gasteiger partial charge < -0.3 is 5.32 Å². The molecule has 23 heavy (non-hydrogen) atoms. The second-order valence-corrected chi connectivity index (χ2v) is 6.40. The second kappa shape index (κ2) is 7.55. The van der Waals surface area contributed by atoms with Crippen LogP contribution in [0.1, 0.15) is 18.1 Å². The summed E-state index contributed by atoms with van der Waals surface area (Å²) >= 11 is 1.43. The summed E-state index contributed by atoms with van der Waals surface area (Å²) in [5.41, 5.74) is -0.0659. The van der Waals surface area contributed by atoms with Gasteiger partial charge in [0.1, 0.15) is 0 Å². The van der Waals surface area contributed by atoms with Crippen LogP contribution in [0.15, 0.2) is 59.5 Å². The molecule has 6 heteroatoms. The number of hydrogen-bond donors (Lipinski definition) is 1. The topological polar surface area (TPSA) is 29.1 Å². The van der Waals surface area contributed by atoms with Gasteiger partial charge in [-0.25, -0.2) is 0 Å². The number of alkyl halides is 3. The normalized spacial score (nSPS) is 12.7. The summed E-state index contributed by atoms with van der Waals surface area (Å²) in [4.78, 5) is 13.0. The zero-order chi connectivity index (χ0) is 16.9. The summed E-state index contributed by atoms with van der Waals surface area (Å²) in [5, 5.41) is 2.45. The van der Waals surface area contributed by atoms with Crippen molar-refractivity contribution in [2.45, 2.75) is 29.8 Å². The van der Waals surface area contributed by atoms with E-state index in [4.69, 9.17) is 0 Å². The van der Waals surface area contributed by atoms with Crippen molar-refractivity contribution in [2.24, 2.45) is 0 Å².